The molecule has 2 aromatic carbocycles. The van der Waals surface area contributed by atoms with Crippen LogP contribution in [-0.4, -0.2) is 56.6 Å². The van der Waals surface area contributed by atoms with Crippen LogP contribution in [0.1, 0.15) is 18.4 Å². The van der Waals surface area contributed by atoms with E-state index in [1.54, 1.807) is 30.3 Å². The third kappa shape index (κ3) is 8.14. The van der Waals surface area contributed by atoms with Crippen molar-refractivity contribution in [2.24, 2.45) is 0 Å². The summed E-state index contributed by atoms with van der Waals surface area (Å²) in [7, 11) is -3.81. The standard InChI is InChI=1S/C22H23F3N2O7S/c1-35(30,31)33-14-17-10-11-19(27(17)21(29)32-13-15-6-3-2-4-7-15)20(28)26-16-8-5-9-18(12-16)34-22(23,24)25/h2-9,12,17,19H,10-11,13-14H2,1H3,(H,26,28)/t17-,19+/m1/s1. The van der Waals surface area contributed by atoms with Crippen molar-refractivity contribution in [1.29, 1.82) is 0 Å². The molecule has 1 heterocycles. The molecule has 0 bridgehead atoms. The molecule has 2 atom stereocenters. The summed E-state index contributed by atoms with van der Waals surface area (Å²) in [5.74, 6) is -1.21. The number of rotatable bonds is 8. The molecule has 3 rings (SSSR count). The normalized spacial score (nSPS) is 18.2. The summed E-state index contributed by atoms with van der Waals surface area (Å²) in [5, 5.41) is 2.47. The molecule has 190 valence electrons. The van der Waals surface area contributed by atoms with Crippen LogP contribution in [-0.2, 0) is 30.4 Å². The summed E-state index contributed by atoms with van der Waals surface area (Å²) >= 11 is 0. The van der Waals surface area contributed by atoms with E-state index in [4.69, 9.17) is 8.92 Å². The molecule has 2 aromatic rings. The number of nitrogens with one attached hydrogen (secondary N) is 1. The molecule has 0 spiro atoms. The molecule has 1 fully saturated rings. The van der Waals surface area contributed by atoms with Gasteiger partial charge in [-0.3, -0.25) is 13.9 Å². The van der Waals surface area contributed by atoms with Gasteiger partial charge in [-0.1, -0.05) is 36.4 Å². The first-order valence-corrected chi connectivity index (χ1v) is 12.2. The van der Waals surface area contributed by atoms with E-state index < -0.39 is 46.3 Å². The summed E-state index contributed by atoms with van der Waals surface area (Å²) in [4.78, 5) is 27.0. The van der Waals surface area contributed by atoms with E-state index >= 15 is 0 Å². The molecule has 2 amide bonds. The second-order valence-electron chi connectivity index (χ2n) is 7.75. The summed E-state index contributed by atoms with van der Waals surface area (Å²) in [5.41, 5.74) is 0.719. The Morgan fingerprint density at radius 2 is 1.80 bits per heavy atom. The van der Waals surface area contributed by atoms with Crippen molar-refractivity contribution in [1.82, 2.24) is 4.90 Å². The van der Waals surface area contributed by atoms with E-state index in [0.717, 1.165) is 23.3 Å². The Bertz CT molecular complexity index is 1140. The molecule has 13 heteroatoms. The topological polar surface area (TPSA) is 111 Å². The number of amides is 2. The number of alkyl halides is 3. The van der Waals surface area contributed by atoms with Crippen molar-refractivity contribution in [2.45, 2.75) is 37.9 Å². The van der Waals surface area contributed by atoms with E-state index in [2.05, 4.69) is 10.1 Å². The molecule has 1 aliphatic heterocycles. The lowest BCUT2D eigenvalue weighted by atomic mass is 10.2. The zero-order chi connectivity index (χ0) is 25.6. The summed E-state index contributed by atoms with van der Waals surface area (Å²) < 4.78 is 74.4. The Labute approximate surface area is 199 Å². The molecule has 0 radical (unpaired) electrons. The van der Waals surface area contributed by atoms with Crippen LogP contribution in [0.3, 0.4) is 0 Å². The first-order valence-electron chi connectivity index (χ1n) is 10.4. The van der Waals surface area contributed by atoms with Gasteiger partial charge in [0.15, 0.2) is 0 Å². The number of ether oxygens (including phenoxy) is 2. The second-order valence-corrected chi connectivity index (χ2v) is 9.39. The van der Waals surface area contributed by atoms with E-state index in [-0.39, 0.29) is 31.7 Å². The number of carbonyl (C=O) groups excluding carboxylic acids is 2. The van der Waals surface area contributed by atoms with Gasteiger partial charge < -0.3 is 14.8 Å². The van der Waals surface area contributed by atoms with Gasteiger partial charge in [0.1, 0.15) is 18.4 Å². The molecule has 1 aliphatic rings. The molecule has 1 N–H and O–H groups in total. The van der Waals surface area contributed by atoms with Crippen molar-refractivity contribution in [3.8, 4) is 5.75 Å². The van der Waals surface area contributed by atoms with Gasteiger partial charge in [-0.15, -0.1) is 13.2 Å². The number of anilines is 1. The Kier molecular flexibility index (Phi) is 8.22. The first-order chi connectivity index (χ1) is 16.4. The second kappa shape index (κ2) is 11.0. The molecule has 0 aliphatic carbocycles. The Balaban J connectivity index is 1.74. The number of hydrogen-bond acceptors (Lipinski definition) is 7. The molecular weight excluding hydrogens is 493 g/mol. The van der Waals surface area contributed by atoms with Crippen LogP contribution in [0.5, 0.6) is 5.75 Å². The molecule has 0 saturated carbocycles. The van der Waals surface area contributed by atoms with Crippen LogP contribution in [0, 0.1) is 0 Å². The zero-order valence-electron chi connectivity index (χ0n) is 18.5. The van der Waals surface area contributed by atoms with Crippen molar-refractivity contribution in [3.05, 3.63) is 60.2 Å². The Morgan fingerprint density at radius 1 is 1.09 bits per heavy atom. The SMILES string of the molecule is CS(=O)(=O)OC[C@H]1CC[C@@H](C(=O)Nc2cccc(OC(F)(F)F)c2)N1C(=O)OCc1ccccc1. The fourth-order valence-electron chi connectivity index (χ4n) is 3.57. The smallest absolute Gasteiger partial charge is 0.445 e. The molecular formula is C22H23F3N2O7S. The van der Waals surface area contributed by atoms with Crippen LogP contribution in [0.15, 0.2) is 54.6 Å². The van der Waals surface area contributed by atoms with Gasteiger partial charge in [-0.05, 0) is 30.5 Å². The maximum atomic E-state index is 13.0. The van der Waals surface area contributed by atoms with Crippen LogP contribution < -0.4 is 10.1 Å². The maximum absolute atomic E-state index is 13.0. The fraction of sp³-hybridized carbons (Fsp3) is 0.364. The monoisotopic (exact) mass is 516 g/mol. The van der Waals surface area contributed by atoms with Gasteiger partial charge in [0.2, 0.25) is 5.91 Å². The number of nitrogens with zero attached hydrogens (tertiary/aromatic N) is 1. The number of benzene rings is 2. The molecule has 0 unspecified atom stereocenters. The minimum absolute atomic E-state index is 0.0187. The van der Waals surface area contributed by atoms with E-state index in [1.807, 2.05) is 0 Å². The highest BCUT2D eigenvalue weighted by Gasteiger charge is 2.42. The minimum atomic E-state index is -4.90. The molecule has 35 heavy (non-hydrogen) atoms. The molecule has 1 saturated heterocycles. The van der Waals surface area contributed by atoms with Gasteiger partial charge in [0.25, 0.3) is 10.1 Å². The van der Waals surface area contributed by atoms with E-state index in [1.165, 1.54) is 12.1 Å². The third-order valence-corrected chi connectivity index (χ3v) is 5.59. The third-order valence-electron chi connectivity index (χ3n) is 5.03. The maximum Gasteiger partial charge on any atom is 0.573 e. The number of carbonyl (C=O) groups is 2. The van der Waals surface area contributed by atoms with Gasteiger partial charge in [0.05, 0.1) is 18.9 Å². The molecule has 0 aromatic heterocycles. The lowest BCUT2D eigenvalue weighted by molar-refractivity contribution is -0.274. The fourth-order valence-corrected chi connectivity index (χ4v) is 3.98. The Morgan fingerprint density at radius 3 is 2.46 bits per heavy atom. The summed E-state index contributed by atoms with van der Waals surface area (Å²) in [6.45, 7) is -0.459. The van der Waals surface area contributed by atoms with Gasteiger partial charge in [-0.2, -0.15) is 8.42 Å². The zero-order valence-corrected chi connectivity index (χ0v) is 19.3. The Hall–Kier alpha value is -3.32. The van der Waals surface area contributed by atoms with E-state index in [9.17, 15) is 31.2 Å². The van der Waals surface area contributed by atoms with Crippen LogP contribution in [0.4, 0.5) is 23.7 Å². The predicted molar refractivity (Wildman–Crippen MR) is 118 cm³/mol. The lowest BCUT2D eigenvalue weighted by Crippen LogP contribution is -2.48. The number of hydrogen-bond donors (Lipinski definition) is 1. The highest BCUT2D eigenvalue weighted by Crippen LogP contribution is 2.29. The van der Waals surface area contributed by atoms with Crippen molar-refractivity contribution in [2.75, 3.05) is 18.2 Å². The van der Waals surface area contributed by atoms with Crippen molar-refractivity contribution < 1.29 is 44.8 Å². The van der Waals surface area contributed by atoms with Gasteiger partial charge >= 0.3 is 12.5 Å². The molecule has 9 nitrogen and oxygen atoms in total. The lowest BCUT2D eigenvalue weighted by Gasteiger charge is -2.28. The highest BCUT2D eigenvalue weighted by molar-refractivity contribution is 7.85. The van der Waals surface area contributed by atoms with Crippen molar-refractivity contribution in [3.63, 3.8) is 0 Å². The van der Waals surface area contributed by atoms with Gasteiger partial charge in [0, 0.05) is 11.8 Å². The first kappa shape index (κ1) is 26.3. The van der Waals surface area contributed by atoms with Crippen molar-refractivity contribution >= 4 is 27.8 Å². The van der Waals surface area contributed by atoms with Crippen LogP contribution in [0.2, 0.25) is 0 Å². The predicted octanol–water partition coefficient (Wildman–Crippen LogP) is 3.67. The quantitative estimate of drug-likeness (QED) is 0.533. The van der Waals surface area contributed by atoms with Crippen LogP contribution in [0.25, 0.3) is 0 Å². The largest absolute Gasteiger partial charge is 0.573 e. The number of likely N-dealkylation sites (tertiary alicyclic amines) is 1. The summed E-state index contributed by atoms with van der Waals surface area (Å²) in [6.07, 6.45) is -4.50. The minimum Gasteiger partial charge on any atom is -0.445 e. The van der Waals surface area contributed by atoms with E-state index in [0.29, 0.717) is 5.56 Å². The summed E-state index contributed by atoms with van der Waals surface area (Å²) in [6, 6.07) is 11.6. The average molecular weight is 516 g/mol. The highest BCUT2D eigenvalue weighted by atomic mass is 32.2. The number of halogens is 3. The van der Waals surface area contributed by atoms with Gasteiger partial charge in [-0.25, -0.2) is 4.79 Å². The van der Waals surface area contributed by atoms with Crippen LogP contribution >= 0.6 is 0 Å². The average Bonchev–Trinajstić information content (AvgIpc) is 3.20.